The normalized spacial score (nSPS) is 15.0. The van der Waals surface area contributed by atoms with Crippen LogP contribution in [0.25, 0.3) is 11.0 Å². The molecule has 0 N–H and O–H groups in total. The molecule has 0 spiro atoms. The molecule has 0 saturated heterocycles. The van der Waals surface area contributed by atoms with Crippen molar-refractivity contribution >= 4 is 33.3 Å². The third kappa shape index (κ3) is 4.18. The van der Waals surface area contributed by atoms with E-state index in [1.54, 1.807) is 35.8 Å². The molecule has 0 aliphatic carbocycles. The summed E-state index contributed by atoms with van der Waals surface area (Å²) >= 11 is 1.33. The largest absolute Gasteiger partial charge is 0.490 e. The third-order valence-electron chi connectivity index (χ3n) is 5.99. The van der Waals surface area contributed by atoms with E-state index in [2.05, 4.69) is 11.9 Å². The van der Waals surface area contributed by atoms with Crippen LogP contribution in [-0.4, -0.2) is 24.1 Å². The van der Waals surface area contributed by atoms with Crippen LogP contribution in [0.4, 0.5) is 5.13 Å². The van der Waals surface area contributed by atoms with Crippen LogP contribution in [-0.2, 0) is 0 Å². The minimum Gasteiger partial charge on any atom is -0.490 e. The monoisotopic (exact) mass is 490 g/mol. The Morgan fingerprint density at radius 3 is 2.69 bits per heavy atom. The molecule has 5 rings (SSSR count). The highest BCUT2D eigenvalue weighted by atomic mass is 32.1. The number of ether oxygens (including phenoxy) is 2. The number of hydrogen-bond donors (Lipinski definition) is 0. The number of amides is 1. The molecule has 0 saturated carbocycles. The number of thiazole rings is 1. The zero-order valence-electron chi connectivity index (χ0n) is 19.7. The number of aromatic nitrogens is 1. The smallest absolute Gasteiger partial charge is 0.297 e. The molecule has 0 bridgehead atoms. The summed E-state index contributed by atoms with van der Waals surface area (Å²) in [7, 11) is 0. The number of carbonyl (C=O) groups excluding carboxylic acids is 1. The molecule has 35 heavy (non-hydrogen) atoms. The number of para-hydroxylation sites is 1. The molecule has 1 amide bonds. The molecule has 8 heteroatoms. The zero-order valence-corrected chi connectivity index (χ0v) is 20.5. The van der Waals surface area contributed by atoms with Crippen LogP contribution in [0.2, 0.25) is 0 Å². The van der Waals surface area contributed by atoms with Crippen molar-refractivity contribution in [3.8, 4) is 11.5 Å². The minimum absolute atomic E-state index is 0.0479. The number of anilines is 1. The van der Waals surface area contributed by atoms with Crippen molar-refractivity contribution in [1.82, 2.24) is 4.98 Å². The maximum absolute atomic E-state index is 13.6. The number of benzene rings is 2. The topological polar surface area (TPSA) is 81.9 Å². The fourth-order valence-corrected chi connectivity index (χ4v) is 5.05. The number of nitrogens with zero attached hydrogens (tertiary/aromatic N) is 2. The van der Waals surface area contributed by atoms with Gasteiger partial charge in [-0.1, -0.05) is 38.0 Å². The van der Waals surface area contributed by atoms with Crippen LogP contribution in [0.15, 0.2) is 63.3 Å². The van der Waals surface area contributed by atoms with E-state index in [1.807, 2.05) is 25.1 Å². The molecular weight excluding hydrogens is 464 g/mol. The molecule has 7 nitrogen and oxygen atoms in total. The third-order valence-corrected chi connectivity index (χ3v) is 6.76. The lowest BCUT2D eigenvalue weighted by atomic mass is 9.98. The SMILES string of the molecule is CCCCCOc1ccc([C@@H]2c3c(oc4ccccc4c3=O)C(=O)N2c2nccs2)cc1OCC. The molecule has 1 atom stereocenters. The first-order valence-corrected chi connectivity index (χ1v) is 12.7. The van der Waals surface area contributed by atoms with Crippen LogP contribution in [0.3, 0.4) is 0 Å². The molecule has 0 unspecified atom stereocenters. The molecule has 1 aliphatic rings. The van der Waals surface area contributed by atoms with Gasteiger partial charge >= 0.3 is 0 Å². The molecule has 180 valence electrons. The molecule has 0 fully saturated rings. The first kappa shape index (κ1) is 23.1. The Morgan fingerprint density at radius 2 is 1.91 bits per heavy atom. The van der Waals surface area contributed by atoms with Crippen molar-refractivity contribution < 1.29 is 18.7 Å². The molecule has 2 aromatic carbocycles. The average Bonchev–Trinajstić information content (AvgIpc) is 3.50. The van der Waals surface area contributed by atoms with Crippen molar-refractivity contribution in [1.29, 1.82) is 0 Å². The minimum atomic E-state index is -0.696. The summed E-state index contributed by atoms with van der Waals surface area (Å²) in [5.74, 6) is 0.877. The van der Waals surface area contributed by atoms with Gasteiger partial charge in [0.25, 0.3) is 5.91 Å². The summed E-state index contributed by atoms with van der Waals surface area (Å²) in [4.78, 5) is 33.1. The van der Waals surface area contributed by atoms with Crippen molar-refractivity contribution in [2.45, 2.75) is 39.2 Å². The number of carbonyl (C=O) groups is 1. The number of fused-ring (bicyclic) bond motifs is 2. The van der Waals surface area contributed by atoms with Gasteiger partial charge in [-0.05, 0) is 43.2 Å². The molecule has 2 aromatic heterocycles. The van der Waals surface area contributed by atoms with Gasteiger partial charge in [0.2, 0.25) is 5.76 Å². The van der Waals surface area contributed by atoms with Crippen LogP contribution in [0.1, 0.15) is 60.8 Å². The lowest BCUT2D eigenvalue weighted by Crippen LogP contribution is -2.29. The van der Waals surface area contributed by atoms with Crippen LogP contribution in [0, 0.1) is 0 Å². The Balaban J connectivity index is 1.64. The number of unbranched alkanes of at least 4 members (excludes halogenated alkanes) is 2. The lowest BCUT2D eigenvalue weighted by molar-refractivity contribution is 0.0971. The fraction of sp³-hybridized carbons (Fsp3) is 0.296. The second-order valence-electron chi connectivity index (χ2n) is 8.26. The quantitative estimate of drug-likeness (QED) is 0.269. The van der Waals surface area contributed by atoms with E-state index in [-0.39, 0.29) is 17.1 Å². The Labute approximate surface area is 206 Å². The van der Waals surface area contributed by atoms with E-state index < -0.39 is 6.04 Å². The predicted octanol–water partition coefficient (Wildman–Crippen LogP) is 5.97. The highest BCUT2D eigenvalue weighted by Gasteiger charge is 2.45. The summed E-state index contributed by atoms with van der Waals surface area (Å²) < 4.78 is 17.9. The summed E-state index contributed by atoms with van der Waals surface area (Å²) in [5.41, 5.74) is 1.19. The van der Waals surface area contributed by atoms with Gasteiger partial charge < -0.3 is 13.9 Å². The maximum atomic E-state index is 13.6. The summed E-state index contributed by atoms with van der Waals surface area (Å²) in [6.45, 7) is 5.11. The lowest BCUT2D eigenvalue weighted by Gasteiger charge is -2.23. The van der Waals surface area contributed by atoms with Gasteiger partial charge in [-0.25, -0.2) is 4.98 Å². The Kier molecular flexibility index (Phi) is 6.55. The molecule has 3 heterocycles. The van der Waals surface area contributed by atoms with E-state index in [4.69, 9.17) is 13.9 Å². The van der Waals surface area contributed by atoms with E-state index >= 15 is 0 Å². The van der Waals surface area contributed by atoms with Gasteiger partial charge in [-0.3, -0.25) is 14.5 Å². The van der Waals surface area contributed by atoms with Crippen LogP contribution < -0.4 is 19.8 Å². The molecular formula is C27H26N2O5S. The Morgan fingerprint density at radius 1 is 1.06 bits per heavy atom. The van der Waals surface area contributed by atoms with E-state index in [0.29, 0.717) is 46.4 Å². The van der Waals surface area contributed by atoms with Gasteiger partial charge in [0.1, 0.15) is 5.58 Å². The van der Waals surface area contributed by atoms with Gasteiger partial charge in [-0.2, -0.15) is 0 Å². The first-order valence-electron chi connectivity index (χ1n) is 11.8. The molecule has 4 aromatic rings. The Hall–Kier alpha value is -3.65. The van der Waals surface area contributed by atoms with Gasteiger partial charge in [0.05, 0.1) is 30.2 Å². The van der Waals surface area contributed by atoms with Crippen molar-refractivity contribution in [2.24, 2.45) is 0 Å². The van der Waals surface area contributed by atoms with Gasteiger partial charge in [0, 0.05) is 11.6 Å². The zero-order chi connectivity index (χ0) is 24.4. The average molecular weight is 491 g/mol. The van der Waals surface area contributed by atoms with E-state index in [0.717, 1.165) is 24.8 Å². The van der Waals surface area contributed by atoms with Crippen molar-refractivity contribution in [3.63, 3.8) is 0 Å². The highest BCUT2D eigenvalue weighted by molar-refractivity contribution is 7.13. The standard InChI is InChI=1S/C27H26N2O5S/c1-3-5-8-14-33-20-12-11-17(16-21(20)32-4-2)23-22-24(30)18-9-6-7-10-19(18)34-25(22)26(31)29(23)27-28-13-15-35-27/h6-7,9-13,15-16,23H,3-5,8,14H2,1-2H3/t23-/m1/s1. The first-order chi connectivity index (χ1) is 17.1. The number of hydrogen-bond acceptors (Lipinski definition) is 7. The summed E-state index contributed by atoms with van der Waals surface area (Å²) in [6.07, 6.45) is 4.80. The number of rotatable bonds is 9. The second-order valence-corrected chi connectivity index (χ2v) is 9.13. The predicted molar refractivity (Wildman–Crippen MR) is 136 cm³/mol. The van der Waals surface area contributed by atoms with Crippen LogP contribution in [0.5, 0.6) is 11.5 Å². The summed E-state index contributed by atoms with van der Waals surface area (Å²) in [6, 6.07) is 11.8. The molecule has 1 aliphatic heterocycles. The highest BCUT2D eigenvalue weighted by Crippen LogP contribution is 2.43. The van der Waals surface area contributed by atoms with E-state index in [1.165, 1.54) is 16.2 Å². The van der Waals surface area contributed by atoms with Crippen molar-refractivity contribution in [2.75, 3.05) is 18.1 Å². The van der Waals surface area contributed by atoms with Gasteiger partial charge in [-0.15, -0.1) is 11.3 Å². The van der Waals surface area contributed by atoms with Crippen molar-refractivity contribution in [3.05, 3.63) is 81.2 Å². The molecule has 0 radical (unpaired) electrons. The maximum Gasteiger partial charge on any atom is 0.297 e. The van der Waals surface area contributed by atoms with Gasteiger partial charge in [0.15, 0.2) is 22.1 Å². The Bertz CT molecular complexity index is 1410. The van der Waals surface area contributed by atoms with Crippen LogP contribution >= 0.6 is 11.3 Å². The fourth-order valence-electron chi connectivity index (χ4n) is 4.38. The van der Waals surface area contributed by atoms with E-state index in [9.17, 15) is 9.59 Å². The summed E-state index contributed by atoms with van der Waals surface area (Å²) in [5, 5.41) is 2.73. The second kappa shape index (κ2) is 9.92.